The van der Waals surface area contributed by atoms with Gasteiger partial charge in [-0.15, -0.1) is 0 Å². The molecule has 0 aliphatic rings. The molecular weight excluding hydrogens is 380 g/mol. The van der Waals surface area contributed by atoms with Crippen molar-refractivity contribution in [2.45, 2.75) is 19.4 Å². The van der Waals surface area contributed by atoms with Gasteiger partial charge in [0.05, 0.1) is 32.2 Å². The van der Waals surface area contributed by atoms with Gasteiger partial charge in [-0.2, -0.15) is 0 Å². The molecule has 0 spiro atoms. The van der Waals surface area contributed by atoms with Gasteiger partial charge in [-0.1, -0.05) is 37.3 Å². The first kappa shape index (κ1) is 21.6. The number of methoxy groups -OCH3 is 2. The molecule has 2 aromatic rings. The highest BCUT2D eigenvalue weighted by Gasteiger charge is 2.25. The lowest BCUT2D eigenvalue weighted by atomic mass is 10.0. The number of hydrogen-bond acceptors (Lipinski definition) is 5. The lowest BCUT2D eigenvalue weighted by Crippen LogP contribution is -2.41. The van der Waals surface area contributed by atoms with Crippen LogP contribution < -0.4 is 19.1 Å². The number of nitrogens with one attached hydrogen (secondary N) is 1. The first-order valence-corrected chi connectivity index (χ1v) is 10.7. The zero-order valence-electron chi connectivity index (χ0n) is 16.5. The van der Waals surface area contributed by atoms with Crippen molar-refractivity contribution in [3.63, 3.8) is 0 Å². The van der Waals surface area contributed by atoms with E-state index in [9.17, 15) is 13.2 Å². The molecule has 28 heavy (non-hydrogen) atoms. The number of benzene rings is 2. The van der Waals surface area contributed by atoms with E-state index in [1.165, 1.54) is 20.3 Å². The van der Waals surface area contributed by atoms with Crippen LogP contribution in [-0.4, -0.2) is 41.3 Å². The highest BCUT2D eigenvalue weighted by atomic mass is 32.2. The number of anilines is 1. The monoisotopic (exact) mass is 406 g/mol. The van der Waals surface area contributed by atoms with Crippen molar-refractivity contribution in [3.8, 4) is 11.5 Å². The van der Waals surface area contributed by atoms with Crippen molar-refractivity contribution in [1.82, 2.24) is 5.32 Å². The Balaban J connectivity index is 2.29. The zero-order valence-corrected chi connectivity index (χ0v) is 17.3. The normalized spacial score (nSPS) is 12.1. The van der Waals surface area contributed by atoms with E-state index >= 15 is 0 Å². The molecule has 0 bridgehead atoms. The maximum atomic E-state index is 12.7. The van der Waals surface area contributed by atoms with E-state index in [1.54, 1.807) is 12.1 Å². The van der Waals surface area contributed by atoms with Crippen molar-refractivity contribution in [3.05, 3.63) is 54.1 Å². The summed E-state index contributed by atoms with van der Waals surface area (Å²) in [4.78, 5) is 12.7. The Morgan fingerprint density at radius 2 is 1.79 bits per heavy atom. The summed E-state index contributed by atoms with van der Waals surface area (Å²) in [6, 6.07) is 14.1. The minimum atomic E-state index is -3.74. The van der Waals surface area contributed by atoms with Crippen LogP contribution in [0, 0.1) is 0 Å². The molecule has 0 saturated carbocycles. The van der Waals surface area contributed by atoms with E-state index in [1.807, 2.05) is 37.3 Å². The van der Waals surface area contributed by atoms with Gasteiger partial charge in [-0.3, -0.25) is 9.10 Å². The molecule has 2 rings (SSSR count). The number of carbonyl (C=O) groups is 1. The average molecular weight is 407 g/mol. The Hall–Kier alpha value is -2.74. The molecule has 0 unspecified atom stereocenters. The maximum Gasteiger partial charge on any atom is 0.241 e. The van der Waals surface area contributed by atoms with Crippen LogP contribution in [-0.2, 0) is 14.8 Å². The summed E-state index contributed by atoms with van der Waals surface area (Å²) in [6.07, 6.45) is 1.73. The molecule has 0 aliphatic carbocycles. The van der Waals surface area contributed by atoms with Crippen molar-refractivity contribution in [2.24, 2.45) is 0 Å². The summed E-state index contributed by atoms with van der Waals surface area (Å²) in [5.74, 6) is 0.376. The Bertz CT molecular complexity index is 900. The van der Waals surface area contributed by atoms with Crippen LogP contribution in [0.3, 0.4) is 0 Å². The predicted molar refractivity (Wildman–Crippen MR) is 109 cm³/mol. The van der Waals surface area contributed by atoms with Crippen molar-refractivity contribution < 1.29 is 22.7 Å². The fraction of sp³-hybridized carbons (Fsp3) is 0.350. The molecule has 7 nitrogen and oxygen atoms in total. The second-order valence-corrected chi connectivity index (χ2v) is 8.15. The minimum Gasteiger partial charge on any atom is -0.497 e. The van der Waals surface area contributed by atoms with E-state index in [0.717, 1.165) is 16.1 Å². The Morgan fingerprint density at radius 3 is 2.32 bits per heavy atom. The minimum absolute atomic E-state index is 0.206. The van der Waals surface area contributed by atoms with E-state index in [2.05, 4.69) is 5.32 Å². The van der Waals surface area contributed by atoms with Crippen LogP contribution in [0.1, 0.15) is 24.9 Å². The fourth-order valence-electron chi connectivity index (χ4n) is 2.85. The predicted octanol–water partition coefficient (Wildman–Crippen LogP) is 2.74. The summed E-state index contributed by atoms with van der Waals surface area (Å²) in [7, 11) is -0.821. The third kappa shape index (κ3) is 5.39. The Morgan fingerprint density at radius 1 is 1.11 bits per heavy atom. The maximum absolute atomic E-state index is 12.7. The molecule has 0 saturated heterocycles. The molecular formula is C20H26N2O5S. The molecule has 0 aliphatic heterocycles. The van der Waals surface area contributed by atoms with E-state index in [0.29, 0.717) is 17.9 Å². The molecule has 2 aromatic carbocycles. The molecule has 8 heteroatoms. The first-order valence-electron chi connectivity index (χ1n) is 8.84. The van der Waals surface area contributed by atoms with Gasteiger partial charge in [-0.05, 0) is 24.1 Å². The second kappa shape index (κ2) is 9.45. The number of ether oxygens (including phenoxy) is 2. The van der Waals surface area contributed by atoms with Gasteiger partial charge in [0.1, 0.15) is 18.0 Å². The standard InChI is InChI=1S/C20H26N2O5S/c1-5-17(15-9-7-6-8-10-15)21-20(23)14-22(28(4,24)25)18-13-16(26-2)11-12-19(18)27-3/h6-13,17H,5,14H2,1-4H3,(H,21,23)/t17-/m1/s1. The van der Waals surface area contributed by atoms with E-state index in [4.69, 9.17) is 9.47 Å². The van der Waals surface area contributed by atoms with Gasteiger partial charge in [0.2, 0.25) is 15.9 Å². The quantitative estimate of drug-likeness (QED) is 0.692. The third-order valence-corrected chi connectivity index (χ3v) is 5.41. The molecule has 0 heterocycles. The second-order valence-electron chi connectivity index (χ2n) is 6.25. The Kier molecular flexibility index (Phi) is 7.28. The molecule has 0 aromatic heterocycles. The van der Waals surface area contributed by atoms with Crippen LogP contribution in [0.5, 0.6) is 11.5 Å². The van der Waals surface area contributed by atoms with Crippen molar-refractivity contribution in [2.75, 3.05) is 31.3 Å². The molecule has 1 amide bonds. The lowest BCUT2D eigenvalue weighted by Gasteiger charge is -2.25. The highest BCUT2D eigenvalue weighted by Crippen LogP contribution is 2.33. The summed E-state index contributed by atoms with van der Waals surface area (Å²) in [6.45, 7) is 1.59. The molecule has 152 valence electrons. The SMILES string of the molecule is CC[C@@H](NC(=O)CN(c1cc(OC)ccc1OC)S(C)(=O)=O)c1ccccc1. The smallest absolute Gasteiger partial charge is 0.241 e. The van der Waals surface area contributed by atoms with Crippen LogP contribution in [0.25, 0.3) is 0 Å². The van der Waals surface area contributed by atoms with Gasteiger partial charge in [-0.25, -0.2) is 8.42 Å². The third-order valence-electron chi connectivity index (χ3n) is 4.29. The number of sulfonamides is 1. The number of rotatable bonds is 9. The van der Waals surface area contributed by atoms with Crippen LogP contribution in [0.15, 0.2) is 48.5 Å². The average Bonchev–Trinajstić information content (AvgIpc) is 2.69. The van der Waals surface area contributed by atoms with Crippen LogP contribution in [0.4, 0.5) is 5.69 Å². The van der Waals surface area contributed by atoms with Crippen LogP contribution >= 0.6 is 0 Å². The summed E-state index contributed by atoms with van der Waals surface area (Å²) < 4.78 is 36.3. The van der Waals surface area contributed by atoms with Gasteiger partial charge in [0.25, 0.3) is 0 Å². The molecule has 1 atom stereocenters. The fourth-order valence-corrected chi connectivity index (χ4v) is 3.70. The zero-order chi connectivity index (χ0) is 20.7. The first-order chi connectivity index (χ1) is 13.3. The van der Waals surface area contributed by atoms with E-state index < -0.39 is 15.9 Å². The highest BCUT2D eigenvalue weighted by molar-refractivity contribution is 7.92. The molecule has 0 fully saturated rings. The van der Waals surface area contributed by atoms with Gasteiger partial charge < -0.3 is 14.8 Å². The van der Waals surface area contributed by atoms with Crippen molar-refractivity contribution in [1.29, 1.82) is 0 Å². The number of hydrogen-bond donors (Lipinski definition) is 1. The van der Waals surface area contributed by atoms with Gasteiger partial charge in [0, 0.05) is 6.07 Å². The lowest BCUT2D eigenvalue weighted by molar-refractivity contribution is -0.120. The number of nitrogens with zero attached hydrogens (tertiary/aromatic N) is 1. The summed E-state index contributed by atoms with van der Waals surface area (Å²) in [5, 5.41) is 2.90. The number of amides is 1. The molecule has 0 radical (unpaired) electrons. The van der Waals surface area contributed by atoms with Gasteiger partial charge in [0.15, 0.2) is 0 Å². The van der Waals surface area contributed by atoms with E-state index in [-0.39, 0.29) is 18.3 Å². The topological polar surface area (TPSA) is 84.9 Å². The number of carbonyl (C=O) groups excluding carboxylic acids is 1. The van der Waals surface area contributed by atoms with Gasteiger partial charge >= 0.3 is 0 Å². The summed E-state index contributed by atoms with van der Waals surface area (Å²) >= 11 is 0. The van der Waals surface area contributed by atoms with Crippen molar-refractivity contribution >= 4 is 21.6 Å². The molecule has 1 N–H and O–H groups in total. The summed E-state index contributed by atoms with van der Waals surface area (Å²) in [5.41, 5.74) is 1.20. The largest absolute Gasteiger partial charge is 0.497 e. The van der Waals surface area contributed by atoms with Crippen LogP contribution in [0.2, 0.25) is 0 Å². The Labute approximate surface area is 166 Å².